The van der Waals surface area contributed by atoms with Gasteiger partial charge in [0.2, 0.25) is 0 Å². The molecular formula is C16H18N2O2. The number of pyridine rings is 1. The Morgan fingerprint density at radius 1 is 1.25 bits per heavy atom. The number of hydrogen-bond acceptors (Lipinski definition) is 4. The number of carbonyl (C=O) groups is 1. The van der Waals surface area contributed by atoms with E-state index in [0.29, 0.717) is 5.56 Å². The number of benzene rings is 1. The molecule has 4 heteroatoms. The van der Waals surface area contributed by atoms with Gasteiger partial charge in [-0.3, -0.25) is 9.78 Å². The van der Waals surface area contributed by atoms with Gasteiger partial charge < -0.3 is 10.0 Å². The minimum absolute atomic E-state index is 0.0307. The average Bonchev–Trinajstić information content (AvgIpc) is 2.45. The lowest BCUT2D eigenvalue weighted by Gasteiger charge is -2.23. The van der Waals surface area contributed by atoms with Crippen LogP contribution in [0.4, 0.5) is 5.69 Å². The fourth-order valence-electron chi connectivity index (χ4n) is 2.11. The van der Waals surface area contributed by atoms with E-state index in [1.807, 2.05) is 18.2 Å². The van der Waals surface area contributed by atoms with Crippen molar-refractivity contribution in [2.24, 2.45) is 0 Å². The lowest BCUT2D eigenvalue weighted by Crippen LogP contribution is -2.22. The summed E-state index contributed by atoms with van der Waals surface area (Å²) in [5.41, 5.74) is 2.40. The largest absolute Gasteiger partial charge is 0.507 e. The van der Waals surface area contributed by atoms with Gasteiger partial charge in [0, 0.05) is 37.2 Å². The molecule has 1 aromatic carbocycles. The maximum Gasteiger partial charge on any atom is 0.163 e. The zero-order valence-corrected chi connectivity index (χ0v) is 11.7. The number of Topliss-reactive ketones (excluding diaryl/α,β-unsaturated/α-hetero) is 1. The van der Waals surface area contributed by atoms with Gasteiger partial charge >= 0.3 is 0 Å². The van der Waals surface area contributed by atoms with Crippen LogP contribution in [0.2, 0.25) is 0 Å². The number of aromatic hydroxyl groups is 1. The predicted molar refractivity (Wildman–Crippen MR) is 79.1 cm³/mol. The highest BCUT2D eigenvalue weighted by Gasteiger charge is 2.11. The summed E-state index contributed by atoms with van der Waals surface area (Å²) >= 11 is 0. The van der Waals surface area contributed by atoms with Gasteiger partial charge in [-0.05, 0) is 43.7 Å². The second kappa shape index (κ2) is 6.19. The fraction of sp³-hybridized carbons (Fsp3) is 0.250. The molecule has 2 rings (SSSR count). The SMILES string of the molecule is CCN(Cc1ccncc1)c1ccc(C(C)=O)c(O)c1. The number of aromatic nitrogens is 1. The molecule has 0 fully saturated rings. The van der Waals surface area contributed by atoms with Crippen LogP contribution in [0, 0.1) is 0 Å². The van der Waals surface area contributed by atoms with Crippen molar-refractivity contribution < 1.29 is 9.90 Å². The third kappa shape index (κ3) is 3.15. The maximum absolute atomic E-state index is 11.3. The Labute approximate surface area is 118 Å². The van der Waals surface area contributed by atoms with E-state index in [1.165, 1.54) is 6.92 Å². The van der Waals surface area contributed by atoms with Crippen molar-refractivity contribution in [3.8, 4) is 5.75 Å². The second-order valence-electron chi connectivity index (χ2n) is 4.63. The van der Waals surface area contributed by atoms with Crippen LogP contribution < -0.4 is 4.90 Å². The zero-order chi connectivity index (χ0) is 14.5. The van der Waals surface area contributed by atoms with E-state index in [2.05, 4.69) is 16.8 Å². The van der Waals surface area contributed by atoms with Gasteiger partial charge in [-0.25, -0.2) is 0 Å². The Morgan fingerprint density at radius 3 is 2.50 bits per heavy atom. The number of phenols is 1. The molecular weight excluding hydrogens is 252 g/mol. The molecule has 1 heterocycles. The summed E-state index contributed by atoms with van der Waals surface area (Å²) in [5, 5.41) is 9.91. The Hall–Kier alpha value is -2.36. The molecule has 0 aliphatic rings. The van der Waals surface area contributed by atoms with E-state index in [4.69, 9.17) is 0 Å². The molecule has 4 nitrogen and oxygen atoms in total. The predicted octanol–water partition coefficient (Wildman–Crippen LogP) is 3.02. The zero-order valence-electron chi connectivity index (χ0n) is 11.7. The van der Waals surface area contributed by atoms with Crippen LogP contribution >= 0.6 is 0 Å². The van der Waals surface area contributed by atoms with Crippen molar-refractivity contribution in [3.63, 3.8) is 0 Å². The number of rotatable bonds is 5. The minimum atomic E-state index is -0.133. The van der Waals surface area contributed by atoms with E-state index < -0.39 is 0 Å². The van der Waals surface area contributed by atoms with Gasteiger partial charge in [-0.15, -0.1) is 0 Å². The van der Waals surface area contributed by atoms with Crippen LogP contribution in [-0.2, 0) is 6.54 Å². The number of carbonyl (C=O) groups excluding carboxylic acids is 1. The molecule has 0 saturated heterocycles. The first-order chi connectivity index (χ1) is 9.61. The second-order valence-corrected chi connectivity index (χ2v) is 4.63. The average molecular weight is 270 g/mol. The molecule has 0 unspecified atom stereocenters. The highest BCUT2D eigenvalue weighted by Crippen LogP contribution is 2.26. The molecule has 0 aliphatic heterocycles. The van der Waals surface area contributed by atoms with Crippen LogP contribution in [0.5, 0.6) is 5.75 Å². The summed E-state index contributed by atoms with van der Waals surface area (Å²) in [5.74, 6) is -0.102. The summed E-state index contributed by atoms with van der Waals surface area (Å²) < 4.78 is 0. The first kappa shape index (κ1) is 14.1. The fourth-order valence-corrected chi connectivity index (χ4v) is 2.11. The van der Waals surface area contributed by atoms with E-state index in [0.717, 1.165) is 24.3 Å². The van der Waals surface area contributed by atoms with E-state index in [9.17, 15) is 9.90 Å². The van der Waals surface area contributed by atoms with Crippen LogP contribution in [0.25, 0.3) is 0 Å². The summed E-state index contributed by atoms with van der Waals surface area (Å²) in [6, 6.07) is 9.10. The van der Waals surface area contributed by atoms with Crippen LogP contribution in [-0.4, -0.2) is 22.4 Å². The molecule has 0 atom stereocenters. The highest BCUT2D eigenvalue weighted by atomic mass is 16.3. The van der Waals surface area contributed by atoms with Crippen molar-refractivity contribution in [2.45, 2.75) is 20.4 Å². The van der Waals surface area contributed by atoms with Gasteiger partial charge in [0.25, 0.3) is 0 Å². The lowest BCUT2D eigenvalue weighted by atomic mass is 10.1. The normalized spacial score (nSPS) is 10.3. The third-order valence-electron chi connectivity index (χ3n) is 3.23. The number of phenolic OH excluding ortho intramolecular Hbond substituents is 1. The van der Waals surface area contributed by atoms with Crippen LogP contribution in [0.15, 0.2) is 42.7 Å². The smallest absolute Gasteiger partial charge is 0.163 e. The molecule has 0 amide bonds. The van der Waals surface area contributed by atoms with Crippen molar-refractivity contribution in [3.05, 3.63) is 53.9 Å². The Balaban J connectivity index is 2.24. The topological polar surface area (TPSA) is 53.4 Å². The van der Waals surface area contributed by atoms with Gasteiger partial charge in [0.15, 0.2) is 5.78 Å². The summed E-state index contributed by atoms with van der Waals surface area (Å²) in [6.45, 7) is 5.04. The molecule has 0 aliphatic carbocycles. The summed E-state index contributed by atoms with van der Waals surface area (Å²) in [6.07, 6.45) is 3.53. The summed E-state index contributed by atoms with van der Waals surface area (Å²) in [7, 11) is 0. The minimum Gasteiger partial charge on any atom is -0.507 e. The van der Waals surface area contributed by atoms with E-state index >= 15 is 0 Å². The molecule has 104 valence electrons. The first-order valence-corrected chi connectivity index (χ1v) is 6.59. The van der Waals surface area contributed by atoms with Crippen molar-refractivity contribution in [1.29, 1.82) is 0 Å². The van der Waals surface area contributed by atoms with Crippen molar-refractivity contribution in [1.82, 2.24) is 4.98 Å². The Kier molecular flexibility index (Phi) is 4.35. The van der Waals surface area contributed by atoms with Crippen molar-refractivity contribution >= 4 is 11.5 Å². The summed E-state index contributed by atoms with van der Waals surface area (Å²) in [4.78, 5) is 17.5. The molecule has 1 aromatic heterocycles. The third-order valence-corrected chi connectivity index (χ3v) is 3.23. The van der Waals surface area contributed by atoms with Crippen LogP contribution in [0.1, 0.15) is 29.8 Å². The number of ketones is 1. The van der Waals surface area contributed by atoms with Crippen molar-refractivity contribution in [2.75, 3.05) is 11.4 Å². The Bertz CT molecular complexity index is 597. The molecule has 0 bridgehead atoms. The Morgan fingerprint density at radius 2 is 1.95 bits per heavy atom. The number of anilines is 1. The maximum atomic E-state index is 11.3. The van der Waals surface area contributed by atoms with E-state index in [-0.39, 0.29) is 11.5 Å². The van der Waals surface area contributed by atoms with Gasteiger partial charge in [-0.2, -0.15) is 0 Å². The van der Waals surface area contributed by atoms with Crippen LogP contribution in [0.3, 0.4) is 0 Å². The molecule has 0 saturated carbocycles. The molecule has 0 radical (unpaired) electrons. The highest BCUT2D eigenvalue weighted by molar-refractivity contribution is 5.97. The number of hydrogen-bond donors (Lipinski definition) is 1. The molecule has 2 aromatic rings. The quantitative estimate of drug-likeness (QED) is 0.848. The molecule has 0 spiro atoms. The molecule has 1 N–H and O–H groups in total. The van der Waals surface area contributed by atoms with Gasteiger partial charge in [-0.1, -0.05) is 0 Å². The lowest BCUT2D eigenvalue weighted by molar-refractivity contribution is 0.101. The van der Waals surface area contributed by atoms with Gasteiger partial charge in [0.05, 0.1) is 5.56 Å². The monoisotopic (exact) mass is 270 g/mol. The molecule has 20 heavy (non-hydrogen) atoms. The standard InChI is InChI=1S/C16H18N2O2/c1-3-18(11-13-6-8-17-9-7-13)14-4-5-15(12(2)19)16(20)10-14/h4-10,20H,3,11H2,1-2H3. The first-order valence-electron chi connectivity index (χ1n) is 6.59. The van der Waals surface area contributed by atoms with Gasteiger partial charge in [0.1, 0.15) is 5.75 Å². The van der Waals surface area contributed by atoms with E-state index in [1.54, 1.807) is 24.5 Å². The number of nitrogens with zero attached hydrogens (tertiary/aromatic N) is 2.